The molecule has 8 heteroatoms. The predicted molar refractivity (Wildman–Crippen MR) is 196 cm³/mol. The molecule has 1 N–H and O–H groups in total. The minimum atomic E-state index is -4.24. The van der Waals surface area contributed by atoms with Crippen molar-refractivity contribution in [1.82, 2.24) is 0 Å². The molecule has 0 aromatic heterocycles. The number of rotatable bonds is 11. The Labute approximate surface area is 292 Å². The Balaban J connectivity index is 1.33. The topological polar surface area (TPSA) is 101 Å². The molecule has 2 aromatic rings. The first-order valence-electron chi connectivity index (χ1n) is 17.5. The SMILES string of the molecule is C[N+]1=C2C=C(/C=C/C=C3/C=C4N(CCCCS(=O)(=O)[O-])c5ccccc5C4(C)C(C)(C)C3)CC(C)(CCCC(=O)O)C2(C)c2ccccc21. The van der Waals surface area contributed by atoms with Gasteiger partial charge in [0.25, 0.3) is 0 Å². The average molecular weight is 683 g/mol. The van der Waals surface area contributed by atoms with Crippen LogP contribution in [-0.2, 0) is 25.7 Å². The van der Waals surface area contributed by atoms with Crippen LogP contribution in [0.5, 0.6) is 0 Å². The molecular weight excluding hydrogens is 633 g/mol. The number of nitrogens with zero attached hydrogens (tertiary/aromatic N) is 2. The molecule has 7 nitrogen and oxygen atoms in total. The van der Waals surface area contributed by atoms with Gasteiger partial charge in [-0.1, -0.05) is 75.4 Å². The molecule has 3 unspecified atom stereocenters. The Hall–Kier alpha value is -3.75. The van der Waals surface area contributed by atoms with E-state index in [1.54, 1.807) is 0 Å². The van der Waals surface area contributed by atoms with Gasteiger partial charge in [0.2, 0.25) is 5.69 Å². The molecule has 2 heterocycles. The fourth-order valence-corrected chi connectivity index (χ4v) is 9.86. The van der Waals surface area contributed by atoms with Crippen molar-refractivity contribution in [3.63, 3.8) is 0 Å². The van der Waals surface area contributed by atoms with E-state index in [0.717, 1.165) is 24.9 Å². The zero-order valence-electron chi connectivity index (χ0n) is 29.8. The molecule has 2 aliphatic carbocycles. The van der Waals surface area contributed by atoms with Gasteiger partial charge in [-0.15, -0.1) is 0 Å². The van der Waals surface area contributed by atoms with Crippen molar-refractivity contribution >= 4 is 33.2 Å². The highest BCUT2D eigenvalue weighted by Gasteiger charge is 2.59. The number of fused-ring (bicyclic) bond motifs is 6. The number of hydrogen-bond donors (Lipinski definition) is 1. The van der Waals surface area contributed by atoms with Crippen LogP contribution < -0.4 is 4.90 Å². The maximum absolute atomic E-state index is 11.5. The van der Waals surface area contributed by atoms with Crippen molar-refractivity contribution < 1.29 is 27.4 Å². The number of aliphatic carboxylic acids is 1. The van der Waals surface area contributed by atoms with Gasteiger partial charge in [-0.3, -0.25) is 4.79 Å². The van der Waals surface area contributed by atoms with Crippen molar-refractivity contribution in [3.8, 4) is 0 Å². The number of unbranched alkanes of at least 4 members (excludes halogenated alkanes) is 1. The molecule has 3 atom stereocenters. The second kappa shape index (κ2) is 12.5. The van der Waals surface area contributed by atoms with E-state index in [1.165, 1.54) is 39.4 Å². The summed E-state index contributed by atoms with van der Waals surface area (Å²) >= 11 is 0. The highest BCUT2D eigenvalue weighted by Crippen LogP contribution is 2.61. The minimum Gasteiger partial charge on any atom is -0.748 e. The lowest BCUT2D eigenvalue weighted by molar-refractivity contribution is -0.402. The summed E-state index contributed by atoms with van der Waals surface area (Å²) in [6.45, 7) is 12.3. The molecule has 6 rings (SSSR count). The fraction of sp³-hybridized carbons (Fsp3) is 0.463. The van der Waals surface area contributed by atoms with Gasteiger partial charge >= 0.3 is 5.97 Å². The standard InChI is InChI=1S/C41H50N2O5S/c1-38(2)27-29(26-36-40(38,4)32-18-8-10-20-34(32)43(36)23-11-12-24-49(46,47)48)15-13-16-30-25-35-41(5,31-17-7-9-19-33(31)42(35)6)39(3,28-30)22-14-21-37(44)45/h7-10,13,15-20,25-26H,11-12,14,21-24,27-28H2,1-6H3,(H-,44,45,46,47,48). The third-order valence-electron chi connectivity index (χ3n) is 12.4. The molecule has 0 radical (unpaired) electrons. The van der Waals surface area contributed by atoms with E-state index >= 15 is 0 Å². The second-order valence-corrected chi connectivity index (χ2v) is 17.3. The quantitative estimate of drug-likeness (QED) is 0.146. The summed E-state index contributed by atoms with van der Waals surface area (Å²) in [5.41, 5.74) is 9.19. The summed E-state index contributed by atoms with van der Waals surface area (Å²) in [6.07, 6.45) is 15.6. The second-order valence-electron chi connectivity index (χ2n) is 15.7. The van der Waals surface area contributed by atoms with Crippen LogP contribution >= 0.6 is 0 Å². The fourth-order valence-electron chi connectivity index (χ4n) is 9.31. The first-order valence-corrected chi connectivity index (χ1v) is 19.1. The van der Waals surface area contributed by atoms with Gasteiger partial charge in [-0.05, 0) is 92.1 Å². The molecule has 0 spiro atoms. The molecule has 49 heavy (non-hydrogen) atoms. The molecule has 4 aliphatic rings. The lowest BCUT2D eigenvalue weighted by Crippen LogP contribution is -2.49. The van der Waals surface area contributed by atoms with Crippen LogP contribution in [0.3, 0.4) is 0 Å². The zero-order valence-corrected chi connectivity index (χ0v) is 30.6. The largest absolute Gasteiger partial charge is 0.748 e. The number of anilines is 1. The predicted octanol–water partition coefficient (Wildman–Crippen LogP) is 8.16. The molecule has 2 aromatic carbocycles. The van der Waals surface area contributed by atoms with E-state index in [4.69, 9.17) is 0 Å². The molecule has 0 saturated heterocycles. The van der Waals surface area contributed by atoms with Crippen LogP contribution in [-0.4, -0.2) is 53.7 Å². The number of hydrogen-bond acceptors (Lipinski definition) is 5. The van der Waals surface area contributed by atoms with Crippen LogP contribution in [0.4, 0.5) is 11.4 Å². The number of para-hydroxylation sites is 2. The first kappa shape index (κ1) is 35.1. The third-order valence-corrected chi connectivity index (χ3v) is 13.2. The lowest BCUT2D eigenvalue weighted by Gasteiger charge is -2.47. The summed E-state index contributed by atoms with van der Waals surface area (Å²) < 4.78 is 36.1. The van der Waals surface area contributed by atoms with Crippen LogP contribution in [0, 0.1) is 10.8 Å². The average Bonchev–Trinajstić information content (AvgIpc) is 3.41. The number of benzene rings is 2. The van der Waals surface area contributed by atoms with Crippen molar-refractivity contribution in [1.29, 1.82) is 0 Å². The first-order chi connectivity index (χ1) is 23.0. The number of carboxylic acid groups (broad SMARTS) is 1. The summed E-state index contributed by atoms with van der Waals surface area (Å²) in [4.78, 5) is 13.8. The highest BCUT2D eigenvalue weighted by atomic mass is 32.2. The molecule has 0 saturated carbocycles. The van der Waals surface area contributed by atoms with E-state index in [9.17, 15) is 22.9 Å². The molecule has 0 fully saturated rings. The van der Waals surface area contributed by atoms with Crippen molar-refractivity contribution in [2.45, 2.75) is 90.4 Å². The van der Waals surface area contributed by atoms with Gasteiger partial charge in [-0.25, -0.2) is 8.42 Å². The van der Waals surface area contributed by atoms with Gasteiger partial charge in [0.05, 0.1) is 15.5 Å². The summed E-state index contributed by atoms with van der Waals surface area (Å²) in [6, 6.07) is 17.1. The normalized spacial score (nSPS) is 27.9. The van der Waals surface area contributed by atoms with Crippen molar-refractivity contribution in [2.75, 3.05) is 24.2 Å². The third kappa shape index (κ3) is 5.95. The minimum absolute atomic E-state index is 0.0945. The molecule has 2 aliphatic heterocycles. The van der Waals surface area contributed by atoms with Crippen LogP contribution in [0.2, 0.25) is 0 Å². The molecule has 260 valence electrons. The summed E-state index contributed by atoms with van der Waals surface area (Å²) in [7, 11) is -2.10. The zero-order chi connectivity index (χ0) is 35.4. The van der Waals surface area contributed by atoms with E-state index in [1.807, 2.05) is 0 Å². The Kier molecular flexibility index (Phi) is 8.98. The Bertz CT molecular complexity index is 1950. The van der Waals surface area contributed by atoms with Gasteiger partial charge in [0.15, 0.2) is 5.71 Å². The lowest BCUT2D eigenvalue weighted by atomic mass is 9.53. The maximum Gasteiger partial charge on any atom is 0.303 e. The highest BCUT2D eigenvalue weighted by molar-refractivity contribution is 7.85. The van der Waals surface area contributed by atoms with Gasteiger partial charge in [-0.2, -0.15) is 4.58 Å². The smallest absolute Gasteiger partial charge is 0.303 e. The van der Waals surface area contributed by atoms with Crippen molar-refractivity contribution in [3.05, 3.63) is 107 Å². The summed E-state index contributed by atoms with van der Waals surface area (Å²) in [5, 5.41) is 9.45. The summed E-state index contributed by atoms with van der Waals surface area (Å²) in [5.74, 6) is -1.09. The van der Waals surface area contributed by atoms with E-state index in [0.29, 0.717) is 25.8 Å². The van der Waals surface area contributed by atoms with Gasteiger partial charge in [0.1, 0.15) is 7.05 Å². The molecule has 0 amide bonds. The molecule has 0 bridgehead atoms. The monoisotopic (exact) mass is 682 g/mol. The Morgan fingerprint density at radius 2 is 1.63 bits per heavy atom. The van der Waals surface area contributed by atoms with Crippen molar-refractivity contribution in [2.24, 2.45) is 10.8 Å². The van der Waals surface area contributed by atoms with E-state index in [2.05, 4.69) is 130 Å². The Morgan fingerprint density at radius 1 is 0.939 bits per heavy atom. The number of carbonyl (C=O) groups is 1. The maximum atomic E-state index is 11.5. The number of carboxylic acids is 1. The molecular formula is C41H50N2O5S. The van der Waals surface area contributed by atoms with E-state index in [-0.39, 0.29) is 33.8 Å². The van der Waals surface area contributed by atoms with Crippen LogP contribution in [0.1, 0.15) is 90.7 Å². The van der Waals surface area contributed by atoms with Crippen LogP contribution in [0.25, 0.3) is 0 Å². The van der Waals surface area contributed by atoms with Gasteiger partial charge < -0.3 is 14.6 Å². The Morgan fingerprint density at radius 3 is 2.35 bits per heavy atom. The number of allylic oxidation sites excluding steroid dienone is 8. The van der Waals surface area contributed by atoms with Gasteiger partial charge in [0, 0.05) is 53.2 Å². The van der Waals surface area contributed by atoms with E-state index < -0.39 is 16.1 Å². The van der Waals surface area contributed by atoms with Crippen LogP contribution in [0.15, 0.2) is 95.8 Å².